The topological polar surface area (TPSA) is 64.0 Å². The average Bonchev–Trinajstić information content (AvgIpc) is 2.61. The first-order chi connectivity index (χ1) is 8.56. The first-order valence-electron chi connectivity index (χ1n) is 5.43. The van der Waals surface area contributed by atoms with E-state index in [1.54, 1.807) is 24.6 Å². The second-order valence-corrected chi connectivity index (χ2v) is 4.82. The van der Waals surface area contributed by atoms with Crippen LogP contribution in [0.3, 0.4) is 0 Å². The van der Waals surface area contributed by atoms with Gasteiger partial charge in [-0.3, -0.25) is 14.2 Å². The van der Waals surface area contributed by atoms with Crippen LogP contribution < -0.4 is 10.2 Å². The van der Waals surface area contributed by atoms with Crippen LogP contribution in [0.25, 0.3) is 0 Å². The Labute approximate surface area is 108 Å². The molecule has 0 aliphatic rings. The number of anilines is 1. The summed E-state index contributed by atoms with van der Waals surface area (Å²) in [5, 5.41) is 4.41. The summed E-state index contributed by atoms with van der Waals surface area (Å²) in [7, 11) is 0. The van der Waals surface area contributed by atoms with Crippen molar-refractivity contribution < 1.29 is 4.79 Å². The van der Waals surface area contributed by atoms with Crippen molar-refractivity contribution in [3.05, 3.63) is 44.6 Å². The third kappa shape index (κ3) is 2.84. The van der Waals surface area contributed by atoms with Crippen LogP contribution in [0.2, 0.25) is 0 Å². The molecule has 0 aliphatic heterocycles. The minimum Gasteiger partial charge on any atom is -0.309 e. The van der Waals surface area contributed by atoms with E-state index in [0.29, 0.717) is 5.82 Å². The van der Waals surface area contributed by atoms with Gasteiger partial charge in [-0.15, -0.1) is 0 Å². The first kappa shape index (κ1) is 12.5. The normalized spacial score (nSPS) is 10.3. The Hall–Kier alpha value is -1.95. The molecule has 0 atom stereocenters. The lowest BCUT2D eigenvalue weighted by Gasteiger charge is -2.06. The van der Waals surface area contributed by atoms with E-state index in [2.05, 4.69) is 10.3 Å². The van der Waals surface area contributed by atoms with Gasteiger partial charge in [-0.25, -0.2) is 4.98 Å². The summed E-state index contributed by atoms with van der Waals surface area (Å²) < 4.78 is 1.44. The summed E-state index contributed by atoms with van der Waals surface area (Å²) in [5.74, 6) is 0.248. The molecule has 0 radical (unpaired) electrons. The zero-order valence-corrected chi connectivity index (χ0v) is 11.0. The highest BCUT2D eigenvalue weighted by Gasteiger charge is 2.09. The predicted molar refractivity (Wildman–Crippen MR) is 70.9 cm³/mol. The molecule has 2 heterocycles. The standard InChI is InChI=1S/C12H13N3O2S/c1-8-3-4-13-10(5-8)14-11(16)6-15-9(2)7-18-12(15)17/h3-5,7H,6H2,1-2H3,(H,13,14,16). The second-order valence-electron chi connectivity index (χ2n) is 4.00. The molecule has 0 saturated carbocycles. The molecule has 18 heavy (non-hydrogen) atoms. The Morgan fingerprint density at radius 3 is 2.89 bits per heavy atom. The van der Waals surface area contributed by atoms with E-state index < -0.39 is 0 Å². The fourth-order valence-electron chi connectivity index (χ4n) is 1.53. The third-order valence-electron chi connectivity index (χ3n) is 2.46. The fourth-order valence-corrected chi connectivity index (χ4v) is 2.26. The Morgan fingerprint density at radius 2 is 2.28 bits per heavy atom. The van der Waals surface area contributed by atoms with Crippen molar-refractivity contribution in [2.75, 3.05) is 5.32 Å². The van der Waals surface area contributed by atoms with Gasteiger partial charge in [-0.05, 0) is 31.5 Å². The Kier molecular flexibility index (Phi) is 3.57. The number of aryl methyl sites for hydroxylation is 2. The quantitative estimate of drug-likeness (QED) is 0.914. The van der Waals surface area contributed by atoms with Crippen LogP contribution in [0.4, 0.5) is 5.82 Å². The van der Waals surface area contributed by atoms with Gasteiger partial charge in [0.2, 0.25) is 5.91 Å². The highest BCUT2D eigenvalue weighted by atomic mass is 32.1. The third-order valence-corrected chi connectivity index (χ3v) is 3.34. The number of rotatable bonds is 3. The van der Waals surface area contributed by atoms with Crippen molar-refractivity contribution in [3.63, 3.8) is 0 Å². The van der Waals surface area contributed by atoms with Crippen LogP contribution in [0, 0.1) is 13.8 Å². The zero-order chi connectivity index (χ0) is 13.1. The van der Waals surface area contributed by atoms with E-state index in [9.17, 15) is 9.59 Å². The second kappa shape index (κ2) is 5.14. The van der Waals surface area contributed by atoms with Gasteiger partial charge in [0.1, 0.15) is 12.4 Å². The number of hydrogen-bond donors (Lipinski definition) is 1. The molecule has 0 saturated heterocycles. The lowest BCUT2D eigenvalue weighted by Crippen LogP contribution is -2.25. The number of hydrogen-bond acceptors (Lipinski definition) is 4. The van der Waals surface area contributed by atoms with E-state index in [0.717, 1.165) is 22.6 Å². The van der Waals surface area contributed by atoms with Gasteiger partial charge in [-0.2, -0.15) is 0 Å². The molecule has 1 amide bonds. The number of thiazole rings is 1. The monoisotopic (exact) mass is 263 g/mol. The van der Waals surface area contributed by atoms with E-state index >= 15 is 0 Å². The molecule has 2 aromatic rings. The largest absolute Gasteiger partial charge is 0.309 e. The van der Waals surface area contributed by atoms with Gasteiger partial charge in [-0.1, -0.05) is 11.3 Å². The van der Waals surface area contributed by atoms with Crippen molar-refractivity contribution in [1.29, 1.82) is 0 Å². The summed E-state index contributed by atoms with van der Waals surface area (Å²) in [5.41, 5.74) is 1.81. The SMILES string of the molecule is Cc1ccnc(NC(=O)Cn2c(C)csc2=O)c1. The molecule has 0 aliphatic carbocycles. The van der Waals surface area contributed by atoms with Crippen LogP contribution in [0.1, 0.15) is 11.3 Å². The maximum absolute atomic E-state index is 11.8. The number of amides is 1. The Morgan fingerprint density at radius 1 is 1.50 bits per heavy atom. The van der Waals surface area contributed by atoms with Gasteiger partial charge in [0.05, 0.1) is 0 Å². The lowest BCUT2D eigenvalue weighted by atomic mass is 10.3. The minimum absolute atomic E-state index is 0.0176. The zero-order valence-electron chi connectivity index (χ0n) is 10.1. The van der Waals surface area contributed by atoms with Crippen LogP contribution in [0.15, 0.2) is 28.5 Å². The molecule has 5 nitrogen and oxygen atoms in total. The van der Waals surface area contributed by atoms with Crippen LogP contribution >= 0.6 is 11.3 Å². The van der Waals surface area contributed by atoms with Crippen molar-refractivity contribution in [3.8, 4) is 0 Å². The summed E-state index contributed by atoms with van der Waals surface area (Å²) in [6, 6.07) is 3.63. The van der Waals surface area contributed by atoms with Crippen molar-refractivity contribution >= 4 is 23.1 Å². The molecule has 2 aromatic heterocycles. The van der Waals surface area contributed by atoms with E-state index in [1.165, 1.54) is 4.57 Å². The molecule has 0 fully saturated rings. The highest BCUT2D eigenvalue weighted by Crippen LogP contribution is 2.06. The molecule has 0 spiro atoms. The Balaban J connectivity index is 2.08. The van der Waals surface area contributed by atoms with E-state index in [1.807, 2.05) is 13.0 Å². The van der Waals surface area contributed by atoms with Crippen molar-refractivity contribution in [1.82, 2.24) is 9.55 Å². The van der Waals surface area contributed by atoms with E-state index in [4.69, 9.17) is 0 Å². The molecular weight excluding hydrogens is 250 g/mol. The molecule has 0 bridgehead atoms. The van der Waals surface area contributed by atoms with Crippen LogP contribution in [-0.4, -0.2) is 15.5 Å². The fraction of sp³-hybridized carbons (Fsp3) is 0.250. The van der Waals surface area contributed by atoms with Gasteiger partial charge in [0.15, 0.2) is 0 Å². The first-order valence-corrected chi connectivity index (χ1v) is 6.31. The average molecular weight is 263 g/mol. The molecule has 94 valence electrons. The Bertz CT molecular complexity index is 630. The molecule has 6 heteroatoms. The van der Waals surface area contributed by atoms with Crippen LogP contribution in [0.5, 0.6) is 0 Å². The van der Waals surface area contributed by atoms with Gasteiger partial charge < -0.3 is 5.32 Å². The number of pyridine rings is 1. The number of nitrogens with zero attached hydrogens (tertiary/aromatic N) is 2. The maximum Gasteiger partial charge on any atom is 0.307 e. The number of aromatic nitrogens is 2. The number of carbonyl (C=O) groups excluding carboxylic acids is 1. The smallest absolute Gasteiger partial charge is 0.307 e. The van der Waals surface area contributed by atoms with Gasteiger partial charge >= 0.3 is 4.87 Å². The maximum atomic E-state index is 11.8. The number of nitrogens with one attached hydrogen (secondary N) is 1. The molecule has 0 unspecified atom stereocenters. The predicted octanol–water partition coefficient (Wildman–Crippen LogP) is 1.56. The number of carbonyl (C=O) groups is 1. The molecule has 1 N–H and O–H groups in total. The van der Waals surface area contributed by atoms with Crippen molar-refractivity contribution in [2.45, 2.75) is 20.4 Å². The van der Waals surface area contributed by atoms with E-state index in [-0.39, 0.29) is 17.3 Å². The van der Waals surface area contributed by atoms with Gasteiger partial charge in [0.25, 0.3) is 0 Å². The van der Waals surface area contributed by atoms with Crippen molar-refractivity contribution in [2.24, 2.45) is 0 Å². The summed E-state index contributed by atoms with van der Waals surface area (Å²) >= 11 is 1.09. The molecule has 0 aromatic carbocycles. The molecular formula is C12H13N3O2S. The van der Waals surface area contributed by atoms with Crippen LogP contribution in [-0.2, 0) is 11.3 Å². The lowest BCUT2D eigenvalue weighted by molar-refractivity contribution is -0.116. The molecule has 2 rings (SSSR count). The highest BCUT2D eigenvalue weighted by molar-refractivity contribution is 7.07. The minimum atomic E-state index is -0.253. The summed E-state index contributed by atoms with van der Waals surface area (Å²) in [4.78, 5) is 27.2. The van der Waals surface area contributed by atoms with Gasteiger partial charge in [0, 0.05) is 17.3 Å². The summed E-state index contributed by atoms with van der Waals surface area (Å²) in [6.07, 6.45) is 1.63. The summed E-state index contributed by atoms with van der Waals surface area (Å²) in [6.45, 7) is 3.74.